The second-order valence-electron chi connectivity index (χ2n) is 8.36. The van der Waals surface area contributed by atoms with E-state index in [1.165, 1.54) is 58.4 Å². The van der Waals surface area contributed by atoms with Crippen molar-refractivity contribution in [2.45, 2.75) is 90.9 Å². The molecular formula is C24H42O4S4Si2. The third-order valence-electron chi connectivity index (χ3n) is 5.80. The topological polar surface area (TPSA) is 36.9 Å². The maximum absolute atomic E-state index is 6.14. The first-order valence-electron chi connectivity index (χ1n) is 12.5. The van der Waals surface area contributed by atoms with Gasteiger partial charge in [-0.1, -0.05) is 26.7 Å². The Balaban J connectivity index is 2.00. The van der Waals surface area contributed by atoms with E-state index in [2.05, 4.69) is 41.5 Å². The fourth-order valence-corrected chi connectivity index (χ4v) is 14.2. The molecule has 2 aliphatic heterocycles. The third-order valence-corrected chi connectivity index (χ3v) is 16.3. The highest BCUT2D eigenvalue weighted by atomic mass is 33.7. The largest absolute Gasteiger partial charge is 0.482 e. The molecule has 2 heterocycles. The van der Waals surface area contributed by atoms with Crippen molar-refractivity contribution in [3.8, 4) is 0 Å². The van der Waals surface area contributed by atoms with Crippen LogP contribution in [-0.4, -0.2) is 43.6 Å². The zero-order valence-electron chi connectivity index (χ0n) is 21.6. The molecule has 0 aromatic heterocycles. The Morgan fingerprint density at radius 3 is 1.50 bits per heavy atom. The highest BCUT2D eigenvalue weighted by Gasteiger charge is 2.28. The van der Waals surface area contributed by atoms with E-state index in [1.54, 1.807) is 41.2 Å². The third kappa shape index (κ3) is 9.65. The highest BCUT2D eigenvalue weighted by molar-refractivity contribution is 9.26. The molecule has 0 fully saturated rings. The zero-order chi connectivity index (χ0) is 24.8. The summed E-state index contributed by atoms with van der Waals surface area (Å²) in [6.07, 6.45) is 11.0. The highest BCUT2D eigenvalue weighted by Crippen LogP contribution is 2.51. The average Bonchev–Trinajstić information content (AvgIpc) is 2.84. The maximum Gasteiger partial charge on any atom is 0.193 e. The first kappa shape index (κ1) is 30.5. The summed E-state index contributed by atoms with van der Waals surface area (Å²) in [5.41, 5.74) is 5.60. The van der Waals surface area contributed by atoms with Gasteiger partial charge in [-0.3, -0.25) is 0 Å². The fourth-order valence-electron chi connectivity index (χ4n) is 3.85. The normalized spacial score (nSPS) is 21.5. The molecule has 194 valence electrons. The first-order valence-corrected chi connectivity index (χ1v) is 20.0. The smallest absolute Gasteiger partial charge is 0.193 e. The first-order chi connectivity index (χ1) is 16.6. The molecule has 0 aromatic rings. The molecule has 10 heteroatoms. The van der Waals surface area contributed by atoms with Crippen molar-refractivity contribution in [3.05, 3.63) is 45.2 Å². The molecule has 34 heavy (non-hydrogen) atoms. The van der Waals surface area contributed by atoms with Gasteiger partial charge in [0.15, 0.2) is 30.4 Å². The lowest BCUT2D eigenvalue weighted by atomic mass is 10.0. The van der Waals surface area contributed by atoms with Crippen LogP contribution in [0.5, 0.6) is 0 Å². The lowest BCUT2D eigenvalue weighted by molar-refractivity contribution is 0.244. The van der Waals surface area contributed by atoms with Crippen molar-refractivity contribution >= 4 is 60.8 Å². The Bertz CT molecular complexity index is 693. The van der Waals surface area contributed by atoms with E-state index in [4.69, 9.17) is 18.3 Å². The van der Waals surface area contributed by atoms with Crippen molar-refractivity contribution in [1.82, 2.24) is 0 Å². The minimum Gasteiger partial charge on any atom is -0.482 e. The van der Waals surface area contributed by atoms with Gasteiger partial charge in [-0.25, -0.2) is 0 Å². The van der Waals surface area contributed by atoms with Crippen LogP contribution >= 0.6 is 41.2 Å². The van der Waals surface area contributed by atoms with Crippen molar-refractivity contribution < 1.29 is 18.3 Å². The zero-order valence-corrected chi connectivity index (χ0v) is 27.7. The molecule has 2 unspecified atom stereocenters. The molecule has 0 spiro atoms. The lowest BCUT2D eigenvalue weighted by Crippen LogP contribution is -2.22. The Morgan fingerprint density at radius 1 is 0.735 bits per heavy atom. The molecule has 0 saturated carbocycles. The van der Waals surface area contributed by atoms with Crippen LogP contribution < -0.4 is 0 Å². The predicted molar refractivity (Wildman–Crippen MR) is 161 cm³/mol. The van der Waals surface area contributed by atoms with Gasteiger partial charge in [-0.15, -0.1) is 0 Å². The van der Waals surface area contributed by atoms with Gasteiger partial charge in [0.2, 0.25) is 0 Å². The molecule has 0 aliphatic carbocycles. The van der Waals surface area contributed by atoms with E-state index in [1.807, 2.05) is 12.5 Å². The van der Waals surface area contributed by atoms with Crippen LogP contribution in [0.4, 0.5) is 0 Å². The van der Waals surface area contributed by atoms with Gasteiger partial charge < -0.3 is 18.3 Å². The summed E-state index contributed by atoms with van der Waals surface area (Å²) in [6, 6.07) is 0. The van der Waals surface area contributed by atoms with Gasteiger partial charge in [0, 0.05) is 13.2 Å². The molecule has 0 aromatic carbocycles. The Kier molecular flexibility index (Phi) is 15.9. The second kappa shape index (κ2) is 17.7. The van der Waals surface area contributed by atoms with Crippen molar-refractivity contribution in [3.63, 3.8) is 0 Å². The van der Waals surface area contributed by atoms with Gasteiger partial charge in [-0.2, -0.15) is 0 Å². The van der Waals surface area contributed by atoms with Crippen LogP contribution in [0.3, 0.4) is 0 Å². The van der Waals surface area contributed by atoms with Gasteiger partial charge in [0.25, 0.3) is 0 Å². The molecule has 0 radical (unpaired) electrons. The minimum atomic E-state index is -0.769. The van der Waals surface area contributed by atoms with E-state index in [0.29, 0.717) is 0 Å². The number of unbranched alkanes of at least 4 members (excludes halogenated alkanes) is 2. The van der Waals surface area contributed by atoms with Crippen LogP contribution in [0.1, 0.15) is 80.1 Å². The number of ether oxygens (including phenoxy) is 2. The van der Waals surface area contributed by atoms with Crippen LogP contribution in [0, 0.1) is 0 Å². The van der Waals surface area contributed by atoms with Crippen molar-refractivity contribution in [1.29, 1.82) is 0 Å². The van der Waals surface area contributed by atoms with Crippen LogP contribution in [0.25, 0.3) is 0 Å². The Labute approximate surface area is 227 Å². The summed E-state index contributed by atoms with van der Waals surface area (Å²) < 4.78 is 24.2. The molecule has 0 saturated heterocycles. The monoisotopic (exact) mass is 578 g/mol. The standard InChI is InChI=1S/C24H42O4S4Si2/c1-7-11-13-19-17(5)15-25-23(21(19)33-27-9-3)29-31-32-30-24-22(34-28-10-4)20(14-12-8-2)18(6)16-26-24/h15-16,23-24H,7-14,33-34H2,1-6H3. The molecule has 0 N–H and O–H groups in total. The van der Waals surface area contributed by atoms with E-state index >= 15 is 0 Å². The molecule has 0 bridgehead atoms. The summed E-state index contributed by atoms with van der Waals surface area (Å²) in [5.74, 6) is 0. The summed E-state index contributed by atoms with van der Waals surface area (Å²) >= 11 is 0. The van der Waals surface area contributed by atoms with Crippen LogP contribution in [-0.2, 0) is 18.3 Å². The van der Waals surface area contributed by atoms with E-state index in [9.17, 15) is 0 Å². The summed E-state index contributed by atoms with van der Waals surface area (Å²) in [5, 5.41) is 2.86. The summed E-state index contributed by atoms with van der Waals surface area (Å²) in [4.78, 5) is 0. The predicted octanol–water partition coefficient (Wildman–Crippen LogP) is 7.31. The number of rotatable bonds is 17. The summed E-state index contributed by atoms with van der Waals surface area (Å²) in [6.45, 7) is 14.6. The van der Waals surface area contributed by atoms with Crippen LogP contribution in [0.15, 0.2) is 45.2 Å². The van der Waals surface area contributed by atoms with Gasteiger partial charge in [-0.05, 0) is 127 Å². The van der Waals surface area contributed by atoms with E-state index < -0.39 is 19.5 Å². The van der Waals surface area contributed by atoms with Crippen LogP contribution in [0.2, 0.25) is 0 Å². The molecular weight excluding hydrogens is 537 g/mol. The van der Waals surface area contributed by atoms with Crippen molar-refractivity contribution in [2.75, 3.05) is 13.2 Å². The molecule has 0 amide bonds. The minimum absolute atomic E-state index is 0.0502. The Morgan fingerprint density at radius 2 is 1.15 bits per heavy atom. The summed E-state index contributed by atoms with van der Waals surface area (Å²) in [7, 11) is 5.64. The SMILES string of the molecule is CCCCC1=C([SiH2]OCC)C(SSSSC2OC=C(C)C(CCCC)=C2[SiH2]OCC)OC=C1C. The fraction of sp³-hybridized carbons (Fsp3) is 0.667. The van der Waals surface area contributed by atoms with E-state index in [-0.39, 0.29) is 10.9 Å². The molecule has 2 aliphatic rings. The number of hydrogen-bond donors (Lipinski definition) is 0. The number of allylic oxidation sites excluding steroid dienone is 4. The molecule has 2 atom stereocenters. The average molecular weight is 579 g/mol. The molecule has 4 nitrogen and oxygen atoms in total. The van der Waals surface area contributed by atoms with E-state index in [0.717, 1.165) is 26.1 Å². The van der Waals surface area contributed by atoms with Crippen molar-refractivity contribution in [2.24, 2.45) is 0 Å². The lowest BCUT2D eigenvalue weighted by Gasteiger charge is -2.28. The van der Waals surface area contributed by atoms with Gasteiger partial charge in [0.05, 0.1) is 12.5 Å². The Hall–Kier alpha value is 0.314. The molecule has 2 rings (SSSR count). The maximum atomic E-state index is 6.14. The van der Waals surface area contributed by atoms with Gasteiger partial charge in [0.1, 0.15) is 0 Å². The number of hydrogen-bond acceptors (Lipinski definition) is 8. The quantitative estimate of drug-likeness (QED) is 0.101. The second-order valence-corrected chi connectivity index (χ2v) is 17.2. The van der Waals surface area contributed by atoms with Gasteiger partial charge >= 0.3 is 0 Å².